The molecule has 0 aromatic carbocycles. The van der Waals surface area contributed by atoms with Crippen LogP contribution in [0.25, 0.3) is 0 Å². The zero-order valence-electron chi connectivity index (χ0n) is 14.2. The van der Waals surface area contributed by atoms with Gasteiger partial charge in [-0.3, -0.25) is 4.90 Å². The Labute approximate surface area is 127 Å². The highest BCUT2D eigenvalue weighted by molar-refractivity contribution is 4.72. The first-order valence-electron chi connectivity index (χ1n) is 9.10. The van der Waals surface area contributed by atoms with E-state index in [9.17, 15) is 0 Å². The van der Waals surface area contributed by atoms with Crippen LogP contribution in [0.5, 0.6) is 0 Å². The fourth-order valence-corrected chi connectivity index (χ4v) is 3.29. The van der Waals surface area contributed by atoms with Gasteiger partial charge in [0.2, 0.25) is 0 Å². The third-order valence-corrected chi connectivity index (χ3v) is 4.32. The lowest BCUT2D eigenvalue weighted by Gasteiger charge is -2.35. The molecule has 2 atom stereocenters. The number of rotatable bonds is 11. The predicted octanol–water partition coefficient (Wildman–Crippen LogP) is 5.02. The van der Waals surface area contributed by atoms with Gasteiger partial charge in [-0.1, -0.05) is 64.7 Å². The summed E-state index contributed by atoms with van der Waals surface area (Å²) >= 11 is 0. The van der Waals surface area contributed by atoms with E-state index in [1.165, 1.54) is 70.8 Å². The third-order valence-electron chi connectivity index (χ3n) is 4.32. The highest BCUT2D eigenvalue weighted by Gasteiger charge is 2.21. The van der Waals surface area contributed by atoms with Gasteiger partial charge in [0.05, 0.1) is 12.2 Å². The summed E-state index contributed by atoms with van der Waals surface area (Å²) in [6, 6.07) is 0. The molecule has 1 aliphatic heterocycles. The van der Waals surface area contributed by atoms with Crippen molar-refractivity contribution < 1.29 is 4.74 Å². The molecule has 0 spiro atoms. The van der Waals surface area contributed by atoms with Crippen molar-refractivity contribution in [2.45, 2.75) is 97.2 Å². The first-order chi connectivity index (χ1) is 9.72. The third kappa shape index (κ3) is 8.97. The molecule has 0 aliphatic carbocycles. The van der Waals surface area contributed by atoms with Crippen LogP contribution in [0, 0.1) is 0 Å². The predicted molar refractivity (Wildman–Crippen MR) is 88.3 cm³/mol. The smallest absolute Gasteiger partial charge is 0.0678 e. The minimum Gasteiger partial charge on any atom is -0.373 e. The SMILES string of the molecule is CCCCCCCCCCCCN1C[C@@H](C)O[C@@H](C)C1. The van der Waals surface area contributed by atoms with Crippen molar-refractivity contribution in [1.29, 1.82) is 0 Å². The molecule has 1 rings (SSSR count). The molecular formula is C18H37NO. The van der Waals surface area contributed by atoms with E-state index in [2.05, 4.69) is 25.7 Å². The molecule has 0 radical (unpaired) electrons. The molecule has 0 unspecified atom stereocenters. The topological polar surface area (TPSA) is 12.5 Å². The second-order valence-electron chi connectivity index (χ2n) is 6.70. The van der Waals surface area contributed by atoms with Gasteiger partial charge in [-0.15, -0.1) is 0 Å². The second-order valence-corrected chi connectivity index (χ2v) is 6.70. The lowest BCUT2D eigenvalue weighted by atomic mass is 10.1. The highest BCUT2D eigenvalue weighted by Crippen LogP contribution is 2.13. The van der Waals surface area contributed by atoms with E-state index >= 15 is 0 Å². The summed E-state index contributed by atoms with van der Waals surface area (Å²) in [4.78, 5) is 2.59. The number of ether oxygens (including phenoxy) is 1. The standard InChI is InChI=1S/C18H37NO/c1-4-5-6-7-8-9-10-11-12-13-14-19-15-17(2)20-18(3)16-19/h17-18H,4-16H2,1-3H3/t17-,18+. The van der Waals surface area contributed by atoms with Crippen LogP contribution >= 0.6 is 0 Å². The summed E-state index contributed by atoms with van der Waals surface area (Å²) in [6.07, 6.45) is 15.1. The molecule has 2 heteroatoms. The molecular weight excluding hydrogens is 246 g/mol. The van der Waals surface area contributed by atoms with Crippen LogP contribution in [0.1, 0.15) is 85.0 Å². The molecule has 0 saturated carbocycles. The Morgan fingerprint density at radius 1 is 0.750 bits per heavy atom. The Hall–Kier alpha value is -0.0800. The largest absolute Gasteiger partial charge is 0.373 e. The number of hydrogen-bond donors (Lipinski definition) is 0. The number of hydrogen-bond acceptors (Lipinski definition) is 2. The van der Waals surface area contributed by atoms with Crippen LogP contribution < -0.4 is 0 Å². The fourth-order valence-electron chi connectivity index (χ4n) is 3.29. The molecule has 1 saturated heterocycles. The molecule has 0 aromatic rings. The molecule has 0 bridgehead atoms. The van der Waals surface area contributed by atoms with E-state index in [-0.39, 0.29) is 0 Å². The Balaban J connectivity index is 1.85. The average molecular weight is 284 g/mol. The summed E-state index contributed by atoms with van der Waals surface area (Å²) in [6.45, 7) is 10.2. The van der Waals surface area contributed by atoms with E-state index in [0.717, 1.165) is 13.1 Å². The van der Waals surface area contributed by atoms with Crippen molar-refractivity contribution in [3.8, 4) is 0 Å². The van der Waals surface area contributed by atoms with Crippen molar-refractivity contribution in [2.75, 3.05) is 19.6 Å². The second kappa shape index (κ2) is 11.6. The van der Waals surface area contributed by atoms with E-state index in [1.54, 1.807) is 0 Å². The number of morpholine rings is 1. The molecule has 1 heterocycles. The summed E-state index contributed by atoms with van der Waals surface area (Å²) in [7, 11) is 0. The van der Waals surface area contributed by atoms with Gasteiger partial charge < -0.3 is 4.74 Å². The highest BCUT2D eigenvalue weighted by atomic mass is 16.5. The molecule has 0 N–H and O–H groups in total. The first-order valence-corrected chi connectivity index (χ1v) is 9.10. The Bertz CT molecular complexity index is 209. The number of unbranched alkanes of at least 4 members (excludes halogenated alkanes) is 9. The minimum atomic E-state index is 0.418. The Morgan fingerprint density at radius 2 is 1.20 bits per heavy atom. The molecule has 120 valence electrons. The maximum absolute atomic E-state index is 5.77. The van der Waals surface area contributed by atoms with Crippen LogP contribution in [0.3, 0.4) is 0 Å². The summed E-state index contributed by atoms with van der Waals surface area (Å²) in [5.74, 6) is 0. The van der Waals surface area contributed by atoms with Gasteiger partial charge in [-0.05, 0) is 26.8 Å². The van der Waals surface area contributed by atoms with Gasteiger partial charge in [0, 0.05) is 13.1 Å². The van der Waals surface area contributed by atoms with Gasteiger partial charge in [-0.25, -0.2) is 0 Å². The van der Waals surface area contributed by atoms with Gasteiger partial charge >= 0.3 is 0 Å². The number of nitrogens with zero attached hydrogens (tertiary/aromatic N) is 1. The molecule has 1 aliphatic rings. The van der Waals surface area contributed by atoms with Gasteiger partial charge in [0.15, 0.2) is 0 Å². The van der Waals surface area contributed by atoms with Crippen LogP contribution in [0.4, 0.5) is 0 Å². The summed E-state index contributed by atoms with van der Waals surface area (Å²) in [5, 5.41) is 0. The summed E-state index contributed by atoms with van der Waals surface area (Å²) in [5.41, 5.74) is 0. The van der Waals surface area contributed by atoms with Crippen LogP contribution in [-0.4, -0.2) is 36.7 Å². The van der Waals surface area contributed by atoms with E-state index < -0.39 is 0 Å². The van der Waals surface area contributed by atoms with E-state index in [0.29, 0.717) is 12.2 Å². The lowest BCUT2D eigenvalue weighted by Crippen LogP contribution is -2.45. The van der Waals surface area contributed by atoms with Crippen molar-refractivity contribution >= 4 is 0 Å². The van der Waals surface area contributed by atoms with Gasteiger partial charge in [0.25, 0.3) is 0 Å². The minimum absolute atomic E-state index is 0.418. The van der Waals surface area contributed by atoms with Crippen LogP contribution in [-0.2, 0) is 4.74 Å². The zero-order chi connectivity index (χ0) is 14.6. The van der Waals surface area contributed by atoms with Crippen molar-refractivity contribution in [1.82, 2.24) is 4.90 Å². The molecule has 20 heavy (non-hydrogen) atoms. The van der Waals surface area contributed by atoms with E-state index in [1.807, 2.05) is 0 Å². The maximum Gasteiger partial charge on any atom is 0.0678 e. The first kappa shape index (κ1) is 18.0. The fraction of sp³-hybridized carbons (Fsp3) is 1.00. The van der Waals surface area contributed by atoms with Gasteiger partial charge in [-0.2, -0.15) is 0 Å². The lowest BCUT2D eigenvalue weighted by molar-refractivity contribution is -0.0681. The average Bonchev–Trinajstić information content (AvgIpc) is 2.40. The van der Waals surface area contributed by atoms with E-state index in [4.69, 9.17) is 4.74 Å². The maximum atomic E-state index is 5.77. The van der Waals surface area contributed by atoms with Gasteiger partial charge in [0.1, 0.15) is 0 Å². The molecule has 0 amide bonds. The van der Waals surface area contributed by atoms with Crippen LogP contribution in [0.15, 0.2) is 0 Å². The molecule has 0 aromatic heterocycles. The molecule has 2 nitrogen and oxygen atoms in total. The molecule has 1 fully saturated rings. The quantitative estimate of drug-likeness (QED) is 0.494. The van der Waals surface area contributed by atoms with Crippen molar-refractivity contribution in [2.24, 2.45) is 0 Å². The Kier molecular flexibility index (Phi) is 10.4. The normalized spacial score (nSPS) is 24.1. The Morgan fingerprint density at radius 3 is 1.70 bits per heavy atom. The van der Waals surface area contributed by atoms with Crippen molar-refractivity contribution in [3.63, 3.8) is 0 Å². The zero-order valence-corrected chi connectivity index (χ0v) is 14.2. The monoisotopic (exact) mass is 283 g/mol. The van der Waals surface area contributed by atoms with Crippen molar-refractivity contribution in [3.05, 3.63) is 0 Å². The summed E-state index contributed by atoms with van der Waals surface area (Å²) < 4.78 is 5.77. The van der Waals surface area contributed by atoms with Crippen LogP contribution in [0.2, 0.25) is 0 Å².